The van der Waals surface area contributed by atoms with E-state index in [0.29, 0.717) is 5.52 Å². The zero-order valence-corrected chi connectivity index (χ0v) is 16.8. The Morgan fingerprint density at radius 1 is 0.889 bits per heavy atom. The minimum absolute atomic E-state index is 0.266. The van der Waals surface area contributed by atoms with E-state index in [2.05, 4.69) is 20.9 Å². The van der Waals surface area contributed by atoms with E-state index >= 15 is 0 Å². The summed E-state index contributed by atoms with van der Waals surface area (Å²) in [5.41, 5.74) is 2.68. The van der Waals surface area contributed by atoms with Crippen molar-refractivity contribution in [1.82, 2.24) is 8.96 Å². The Balaban J connectivity index is 1.76. The average molecular weight is 441 g/mol. The van der Waals surface area contributed by atoms with Crippen LogP contribution in [0.3, 0.4) is 0 Å². The third-order valence-electron chi connectivity index (χ3n) is 4.51. The molecule has 2 aromatic carbocycles. The van der Waals surface area contributed by atoms with E-state index in [-0.39, 0.29) is 4.90 Å². The third kappa shape index (κ3) is 3.55. The number of fused-ring (bicyclic) bond motifs is 1. The molecule has 2 heterocycles. The zero-order chi connectivity index (χ0) is 18.9. The molecule has 0 saturated heterocycles. The number of halogens is 1. The summed E-state index contributed by atoms with van der Waals surface area (Å²) >= 11 is 3.35. The molecule has 0 unspecified atom stereocenters. The van der Waals surface area contributed by atoms with Crippen molar-refractivity contribution in [3.05, 3.63) is 94.9 Å². The molecule has 0 N–H and O–H groups in total. The van der Waals surface area contributed by atoms with Crippen LogP contribution in [-0.2, 0) is 22.9 Å². The normalized spacial score (nSPS) is 11.7. The molecule has 0 aliphatic carbocycles. The van der Waals surface area contributed by atoms with Crippen molar-refractivity contribution in [2.24, 2.45) is 0 Å². The quantitative estimate of drug-likeness (QED) is 0.446. The molecule has 0 spiro atoms. The van der Waals surface area contributed by atoms with Crippen molar-refractivity contribution >= 4 is 36.9 Å². The monoisotopic (exact) mass is 440 g/mol. The summed E-state index contributed by atoms with van der Waals surface area (Å²) in [6.07, 6.45) is 5.00. The lowest BCUT2D eigenvalue weighted by atomic mass is 10.1. The van der Waals surface area contributed by atoms with Crippen LogP contribution in [0, 0.1) is 0 Å². The molecule has 0 aliphatic rings. The highest BCUT2D eigenvalue weighted by Crippen LogP contribution is 2.27. The minimum atomic E-state index is -3.66. The van der Waals surface area contributed by atoms with Crippen LogP contribution in [0.15, 0.2) is 88.5 Å². The molecule has 0 saturated carbocycles. The number of hydrogen-bond donors (Lipinski definition) is 0. The van der Waals surface area contributed by atoms with Gasteiger partial charge >= 0.3 is 0 Å². The minimum Gasteiger partial charge on any atom is -0.261 e. The molecule has 136 valence electrons. The van der Waals surface area contributed by atoms with Gasteiger partial charge in [0.05, 0.1) is 10.4 Å². The van der Waals surface area contributed by atoms with Crippen molar-refractivity contribution in [1.29, 1.82) is 0 Å². The molecule has 0 bridgehead atoms. The van der Waals surface area contributed by atoms with Gasteiger partial charge in [-0.15, -0.1) is 0 Å². The predicted octanol–water partition coefficient (Wildman–Crippen LogP) is 4.82. The molecule has 0 radical (unpaired) electrons. The predicted molar refractivity (Wildman–Crippen MR) is 110 cm³/mol. The van der Waals surface area contributed by atoms with Crippen LogP contribution < -0.4 is 0 Å². The highest BCUT2D eigenvalue weighted by molar-refractivity contribution is 9.10. The van der Waals surface area contributed by atoms with Crippen LogP contribution in [0.1, 0.15) is 11.3 Å². The van der Waals surface area contributed by atoms with Gasteiger partial charge < -0.3 is 0 Å². The largest absolute Gasteiger partial charge is 0.268 e. The summed E-state index contributed by atoms with van der Waals surface area (Å²) in [5, 5.41) is 0.953. The number of pyridine rings is 1. The average Bonchev–Trinajstić information content (AvgIpc) is 3.07. The fourth-order valence-electron chi connectivity index (χ4n) is 3.14. The second-order valence-electron chi connectivity index (χ2n) is 6.25. The van der Waals surface area contributed by atoms with E-state index in [0.717, 1.165) is 34.0 Å². The molecule has 0 atom stereocenters. The highest BCUT2D eigenvalue weighted by Gasteiger charge is 2.21. The first-order valence-corrected chi connectivity index (χ1v) is 10.8. The topological polar surface area (TPSA) is 52.0 Å². The number of rotatable bonds is 5. The molecule has 2 aromatic heterocycles. The lowest BCUT2D eigenvalue weighted by molar-refractivity contribution is 0.589. The Labute approximate surface area is 166 Å². The number of para-hydroxylation sites is 1. The van der Waals surface area contributed by atoms with E-state index in [1.807, 2.05) is 42.5 Å². The van der Waals surface area contributed by atoms with Crippen molar-refractivity contribution < 1.29 is 8.42 Å². The van der Waals surface area contributed by atoms with E-state index in [1.165, 1.54) is 3.97 Å². The van der Waals surface area contributed by atoms with Gasteiger partial charge in [0.25, 0.3) is 10.0 Å². The van der Waals surface area contributed by atoms with Gasteiger partial charge in [0.2, 0.25) is 0 Å². The number of hydrogen-bond acceptors (Lipinski definition) is 3. The van der Waals surface area contributed by atoms with Gasteiger partial charge in [-0.25, -0.2) is 12.4 Å². The lowest BCUT2D eigenvalue weighted by Gasteiger charge is -2.07. The molecule has 0 amide bonds. The Morgan fingerprint density at radius 3 is 2.37 bits per heavy atom. The van der Waals surface area contributed by atoms with Crippen LogP contribution in [0.5, 0.6) is 0 Å². The second-order valence-corrected chi connectivity index (χ2v) is 8.98. The van der Waals surface area contributed by atoms with Crippen molar-refractivity contribution in [2.45, 2.75) is 17.7 Å². The molecule has 4 nitrogen and oxygen atoms in total. The fraction of sp³-hybridized carbons (Fsp3) is 0.0952. The standard InChI is InChI=1S/C21H17BrN2O2S/c22-17-9-12-19(13-10-17)27(25,26)24-15-16(20-6-1-2-7-21(20)24)8-11-18-5-3-4-14-23-18/h1-7,9-10,12-15H,8,11H2. The second kappa shape index (κ2) is 7.29. The Morgan fingerprint density at radius 2 is 1.63 bits per heavy atom. The number of nitrogens with zero attached hydrogens (tertiary/aromatic N) is 2. The summed E-state index contributed by atoms with van der Waals surface area (Å²) in [7, 11) is -3.66. The van der Waals surface area contributed by atoms with Crippen molar-refractivity contribution in [3.8, 4) is 0 Å². The number of aryl methyl sites for hydroxylation is 2. The maximum absolute atomic E-state index is 13.2. The van der Waals surface area contributed by atoms with Gasteiger partial charge in [0, 0.05) is 27.9 Å². The van der Waals surface area contributed by atoms with Crippen molar-refractivity contribution in [3.63, 3.8) is 0 Å². The van der Waals surface area contributed by atoms with Gasteiger partial charge in [0.15, 0.2) is 0 Å². The Hall–Kier alpha value is -2.44. The van der Waals surface area contributed by atoms with E-state index in [1.54, 1.807) is 36.7 Å². The Kier molecular flexibility index (Phi) is 4.85. The SMILES string of the molecule is O=S(=O)(c1ccc(Br)cc1)n1cc(CCc2ccccn2)c2ccccc21. The number of benzene rings is 2. The first-order chi connectivity index (χ1) is 13.1. The van der Waals surface area contributed by atoms with Crippen LogP contribution in [0.2, 0.25) is 0 Å². The fourth-order valence-corrected chi connectivity index (χ4v) is 4.80. The maximum Gasteiger partial charge on any atom is 0.268 e. The Bertz CT molecular complexity index is 1180. The summed E-state index contributed by atoms with van der Waals surface area (Å²) in [6.45, 7) is 0. The highest BCUT2D eigenvalue weighted by atomic mass is 79.9. The smallest absolute Gasteiger partial charge is 0.261 e. The van der Waals surface area contributed by atoms with Crippen LogP contribution >= 0.6 is 15.9 Å². The van der Waals surface area contributed by atoms with Crippen LogP contribution in [0.4, 0.5) is 0 Å². The maximum atomic E-state index is 13.2. The molecule has 4 aromatic rings. The summed E-state index contributed by atoms with van der Waals surface area (Å²) in [6, 6.07) is 20.1. The first kappa shape index (κ1) is 17.9. The van der Waals surface area contributed by atoms with Gasteiger partial charge in [-0.1, -0.05) is 40.2 Å². The molecular formula is C21H17BrN2O2S. The van der Waals surface area contributed by atoms with E-state index < -0.39 is 10.0 Å². The van der Waals surface area contributed by atoms with Crippen molar-refractivity contribution in [2.75, 3.05) is 0 Å². The van der Waals surface area contributed by atoms with Gasteiger partial charge in [-0.05, 0) is 60.9 Å². The number of aromatic nitrogens is 2. The summed E-state index contributed by atoms with van der Waals surface area (Å²) in [4.78, 5) is 4.62. The lowest BCUT2D eigenvalue weighted by Crippen LogP contribution is -2.11. The van der Waals surface area contributed by atoms with Crippen LogP contribution in [0.25, 0.3) is 10.9 Å². The van der Waals surface area contributed by atoms with Gasteiger partial charge in [0.1, 0.15) is 0 Å². The molecule has 27 heavy (non-hydrogen) atoms. The first-order valence-electron chi connectivity index (χ1n) is 8.56. The van der Waals surface area contributed by atoms with Crippen LogP contribution in [-0.4, -0.2) is 17.4 Å². The van der Waals surface area contributed by atoms with Gasteiger partial charge in [-0.2, -0.15) is 0 Å². The molecular weight excluding hydrogens is 424 g/mol. The molecule has 0 aliphatic heterocycles. The zero-order valence-electron chi connectivity index (χ0n) is 14.4. The molecule has 0 fully saturated rings. The summed E-state index contributed by atoms with van der Waals surface area (Å²) in [5.74, 6) is 0. The summed E-state index contributed by atoms with van der Waals surface area (Å²) < 4.78 is 28.6. The molecule has 6 heteroatoms. The molecule has 4 rings (SSSR count). The van der Waals surface area contributed by atoms with Gasteiger partial charge in [-0.3, -0.25) is 4.98 Å². The van der Waals surface area contributed by atoms with E-state index in [4.69, 9.17) is 0 Å². The third-order valence-corrected chi connectivity index (χ3v) is 6.72. The van der Waals surface area contributed by atoms with E-state index in [9.17, 15) is 8.42 Å².